The van der Waals surface area contributed by atoms with E-state index in [-0.39, 0.29) is 11.4 Å². The summed E-state index contributed by atoms with van der Waals surface area (Å²) in [6.45, 7) is 0. The summed E-state index contributed by atoms with van der Waals surface area (Å²) in [6, 6.07) is 2.93. The molecule has 0 amide bonds. The van der Waals surface area contributed by atoms with E-state index in [1.165, 1.54) is 7.05 Å². The summed E-state index contributed by atoms with van der Waals surface area (Å²) in [5.74, 6) is -2.20. The molecule has 1 aromatic heterocycles. The van der Waals surface area contributed by atoms with E-state index in [2.05, 4.69) is 5.10 Å². The van der Waals surface area contributed by atoms with Gasteiger partial charge in [0.25, 0.3) is 0 Å². The fourth-order valence-corrected chi connectivity index (χ4v) is 1.77. The van der Waals surface area contributed by atoms with Crippen molar-refractivity contribution in [3.63, 3.8) is 0 Å². The summed E-state index contributed by atoms with van der Waals surface area (Å²) in [4.78, 5) is 10.9. The molecule has 0 radical (unpaired) electrons. The Morgan fingerprint density at radius 2 is 1.95 bits per heavy atom. The number of carboxylic acid groups (broad SMARTS) is 1. The number of alkyl halides is 3. The van der Waals surface area contributed by atoms with Crippen LogP contribution in [0.2, 0.25) is 0 Å². The summed E-state index contributed by atoms with van der Waals surface area (Å²) >= 11 is 0. The van der Waals surface area contributed by atoms with Crippen molar-refractivity contribution in [1.82, 2.24) is 9.78 Å². The van der Waals surface area contributed by atoms with Crippen LogP contribution in [-0.2, 0) is 13.2 Å². The largest absolute Gasteiger partial charge is 0.477 e. The lowest BCUT2D eigenvalue weighted by Crippen LogP contribution is -2.07. The van der Waals surface area contributed by atoms with Crippen LogP contribution < -0.4 is 0 Å². The zero-order valence-electron chi connectivity index (χ0n) is 10.1. The van der Waals surface area contributed by atoms with E-state index in [1.54, 1.807) is 0 Å². The number of nitrogens with zero attached hydrogens (tertiary/aromatic N) is 2. The molecule has 2 aromatic rings. The molecule has 0 aliphatic heterocycles. The minimum Gasteiger partial charge on any atom is -0.477 e. The number of benzene rings is 1. The summed E-state index contributed by atoms with van der Waals surface area (Å²) < 4.78 is 52.7. The summed E-state index contributed by atoms with van der Waals surface area (Å²) in [7, 11) is 1.28. The van der Waals surface area contributed by atoms with E-state index < -0.39 is 29.1 Å². The first-order valence-corrected chi connectivity index (χ1v) is 5.34. The van der Waals surface area contributed by atoms with Crippen LogP contribution in [0.25, 0.3) is 11.3 Å². The van der Waals surface area contributed by atoms with Crippen molar-refractivity contribution < 1.29 is 27.5 Å². The highest BCUT2D eigenvalue weighted by Gasteiger charge is 2.34. The molecule has 0 atom stereocenters. The van der Waals surface area contributed by atoms with Crippen molar-refractivity contribution in [1.29, 1.82) is 0 Å². The van der Waals surface area contributed by atoms with Crippen molar-refractivity contribution in [2.45, 2.75) is 6.18 Å². The molecule has 0 aliphatic rings. The van der Waals surface area contributed by atoms with Crippen LogP contribution in [0.1, 0.15) is 16.1 Å². The molecule has 0 aliphatic carbocycles. The van der Waals surface area contributed by atoms with Gasteiger partial charge in [-0.3, -0.25) is 4.68 Å². The summed E-state index contributed by atoms with van der Waals surface area (Å²) in [5, 5.41) is 12.5. The molecule has 0 bridgehead atoms. The molecule has 106 valence electrons. The zero-order valence-corrected chi connectivity index (χ0v) is 10.1. The summed E-state index contributed by atoms with van der Waals surface area (Å²) in [5.41, 5.74) is -2.12. The Morgan fingerprint density at radius 1 is 1.30 bits per heavy atom. The monoisotopic (exact) mass is 288 g/mol. The highest BCUT2D eigenvalue weighted by molar-refractivity contribution is 5.87. The van der Waals surface area contributed by atoms with Gasteiger partial charge in [-0.15, -0.1) is 0 Å². The van der Waals surface area contributed by atoms with E-state index in [0.29, 0.717) is 18.2 Å². The number of aryl methyl sites for hydroxylation is 1. The van der Waals surface area contributed by atoms with E-state index >= 15 is 0 Å². The number of aromatic nitrogens is 2. The Kier molecular flexibility index (Phi) is 3.24. The van der Waals surface area contributed by atoms with Crippen LogP contribution >= 0.6 is 0 Å². The molecule has 1 aromatic carbocycles. The first kappa shape index (κ1) is 14.0. The SMILES string of the molecule is Cn1nc(-c2cc(F)ccc2C(F)(F)F)cc1C(=O)O. The predicted octanol–water partition coefficient (Wildman–Crippen LogP) is 2.94. The Morgan fingerprint density at radius 3 is 2.45 bits per heavy atom. The average molecular weight is 288 g/mol. The Bertz CT molecular complexity index is 677. The molecule has 4 nitrogen and oxygen atoms in total. The van der Waals surface area contributed by atoms with Gasteiger partial charge in [0.1, 0.15) is 11.5 Å². The van der Waals surface area contributed by atoms with Gasteiger partial charge < -0.3 is 5.11 Å². The smallest absolute Gasteiger partial charge is 0.417 e. The first-order chi connectivity index (χ1) is 9.20. The lowest BCUT2D eigenvalue weighted by Gasteiger charge is -2.11. The maximum Gasteiger partial charge on any atom is 0.417 e. The molecule has 1 heterocycles. The Hall–Kier alpha value is -2.38. The van der Waals surface area contributed by atoms with Gasteiger partial charge in [0.15, 0.2) is 0 Å². The van der Waals surface area contributed by atoms with E-state index in [4.69, 9.17) is 5.11 Å². The van der Waals surface area contributed by atoms with Crippen LogP contribution in [-0.4, -0.2) is 20.9 Å². The number of carbonyl (C=O) groups is 1. The molecule has 0 fully saturated rings. The zero-order chi connectivity index (χ0) is 15.1. The molecule has 8 heteroatoms. The van der Waals surface area contributed by atoms with Crippen molar-refractivity contribution in [2.24, 2.45) is 7.05 Å². The molecule has 0 unspecified atom stereocenters. The normalized spacial score (nSPS) is 11.7. The Balaban J connectivity index is 2.66. The lowest BCUT2D eigenvalue weighted by molar-refractivity contribution is -0.137. The van der Waals surface area contributed by atoms with E-state index in [9.17, 15) is 22.4 Å². The molecule has 1 N–H and O–H groups in total. The molecule has 0 spiro atoms. The molecule has 2 rings (SSSR count). The van der Waals surface area contributed by atoms with Crippen molar-refractivity contribution in [2.75, 3.05) is 0 Å². The van der Waals surface area contributed by atoms with Gasteiger partial charge >= 0.3 is 12.1 Å². The third-order valence-electron chi connectivity index (χ3n) is 2.66. The second-order valence-electron chi connectivity index (χ2n) is 4.03. The van der Waals surface area contributed by atoms with E-state index in [0.717, 1.165) is 10.7 Å². The van der Waals surface area contributed by atoms with Gasteiger partial charge in [0, 0.05) is 12.6 Å². The van der Waals surface area contributed by atoms with Gasteiger partial charge in [-0.05, 0) is 24.3 Å². The number of rotatable bonds is 2. The standard InChI is InChI=1S/C12H8F4N2O2/c1-18-10(11(19)20)5-9(17-18)7-4-6(13)2-3-8(7)12(14,15)16/h2-5H,1H3,(H,19,20). The molecule has 0 saturated heterocycles. The molecule has 20 heavy (non-hydrogen) atoms. The van der Waals surface area contributed by atoms with Crippen LogP contribution in [0.4, 0.5) is 17.6 Å². The number of hydrogen-bond acceptors (Lipinski definition) is 2. The fourth-order valence-electron chi connectivity index (χ4n) is 1.77. The van der Waals surface area contributed by atoms with Gasteiger partial charge in [-0.1, -0.05) is 0 Å². The highest BCUT2D eigenvalue weighted by atomic mass is 19.4. The van der Waals surface area contributed by atoms with Gasteiger partial charge in [0.2, 0.25) is 0 Å². The van der Waals surface area contributed by atoms with Gasteiger partial charge in [-0.2, -0.15) is 18.3 Å². The minimum absolute atomic E-state index is 0.253. The number of hydrogen-bond donors (Lipinski definition) is 1. The van der Waals surface area contributed by atoms with Crippen molar-refractivity contribution in [3.8, 4) is 11.3 Å². The molecule has 0 saturated carbocycles. The maximum atomic E-state index is 13.2. The van der Waals surface area contributed by atoms with Crippen LogP contribution in [0.5, 0.6) is 0 Å². The van der Waals surface area contributed by atoms with Crippen LogP contribution in [0.3, 0.4) is 0 Å². The summed E-state index contributed by atoms with van der Waals surface area (Å²) in [6.07, 6.45) is -4.69. The minimum atomic E-state index is -4.69. The lowest BCUT2D eigenvalue weighted by atomic mass is 10.0. The predicted molar refractivity (Wildman–Crippen MR) is 60.6 cm³/mol. The highest BCUT2D eigenvalue weighted by Crippen LogP contribution is 2.37. The van der Waals surface area contributed by atoms with Gasteiger partial charge in [0.05, 0.1) is 11.3 Å². The maximum absolute atomic E-state index is 13.2. The van der Waals surface area contributed by atoms with E-state index in [1.807, 2.05) is 0 Å². The number of aromatic carboxylic acids is 1. The van der Waals surface area contributed by atoms with Crippen molar-refractivity contribution >= 4 is 5.97 Å². The topological polar surface area (TPSA) is 55.1 Å². The molecular weight excluding hydrogens is 280 g/mol. The first-order valence-electron chi connectivity index (χ1n) is 5.34. The van der Waals surface area contributed by atoms with Crippen molar-refractivity contribution in [3.05, 3.63) is 41.3 Å². The number of carboxylic acids is 1. The number of halogens is 4. The fraction of sp³-hybridized carbons (Fsp3) is 0.167. The third-order valence-corrected chi connectivity index (χ3v) is 2.66. The second kappa shape index (κ2) is 4.62. The average Bonchev–Trinajstić information content (AvgIpc) is 2.69. The van der Waals surface area contributed by atoms with Crippen LogP contribution in [0.15, 0.2) is 24.3 Å². The van der Waals surface area contributed by atoms with Gasteiger partial charge in [-0.25, -0.2) is 9.18 Å². The molecular formula is C12H8F4N2O2. The Labute approximate surface area is 110 Å². The van der Waals surface area contributed by atoms with Crippen LogP contribution in [0, 0.1) is 5.82 Å². The quantitative estimate of drug-likeness (QED) is 0.864. The second-order valence-corrected chi connectivity index (χ2v) is 4.03. The third kappa shape index (κ3) is 2.49.